The zero-order chi connectivity index (χ0) is 19.6. The third-order valence-corrected chi connectivity index (χ3v) is 4.11. The Morgan fingerprint density at radius 1 is 1.15 bits per heavy atom. The molecule has 0 bridgehead atoms. The number of nitrogens with one attached hydrogen (secondary N) is 1. The average molecular weight is 367 g/mol. The zero-order valence-corrected chi connectivity index (χ0v) is 15.7. The van der Waals surface area contributed by atoms with Crippen molar-refractivity contribution in [3.05, 3.63) is 64.7 Å². The lowest BCUT2D eigenvalue weighted by Gasteiger charge is -2.07. The van der Waals surface area contributed by atoms with Crippen molar-refractivity contribution < 1.29 is 14.3 Å². The Morgan fingerprint density at radius 2 is 1.85 bits per heavy atom. The van der Waals surface area contributed by atoms with Gasteiger partial charge in [0.15, 0.2) is 5.69 Å². The second-order valence-electron chi connectivity index (χ2n) is 6.29. The summed E-state index contributed by atoms with van der Waals surface area (Å²) in [6, 6.07) is 9.27. The fourth-order valence-electron chi connectivity index (χ4n) is 2.79. The second-order valence-corrected chi connectivity index (χ2v) is 6.29. The van der Waals surface area contributed by atoms with Gasteiger partial charge in [-0.2, -0.15) is 10.2 Å². The maximum atomic E-state index is 12.5. The first-order valence-electron chi connectivity index (χ1n) is 8.40. The number of nitrogens with zero attached hydrogens (tertiary/aromatic N) is 4. The van der Waals surface area contributed by atoms with Gasteiger partial charge in [0.05, 0.1) is 25.0 Å². The lowest BCUT2D eigenvalue weighted by molar-refractivity contribution is 0.0594. The van der Waals surface area contributed by atoms with E-state index in [0.717, 1.165) is 17.0 Å². The minimum Gasteiger partial charge on any atom is -0.464 e. The number of benzene rings is 1. The van der Waals surface area contributed by atoms with E-state index in [2.05, 4.69) is 20.3 Å². The van der Waals surface area contributed by atoms with Crippen LogP contribution in [-0.4, -0.2) is 38.5 Å². The summed E-state index contributed by atoms with van der Waals surface area (Å²) < 4.78 is 8.05. The van der Waals surface area contributed by atoms with Crippen molar-refractivity contribution in [2.45, 2.75) is 20.4 Å². The molecule has 0 atom stereocenters. The number of carbonyl (C=O) groups is 2. The number of methoxy groups -OCH3 is 1. The number of esters is 1. The summed E-state index contributed by atoms with van der Waals surface area (Å²) in [7, 11) is 2.93. The number of anilines is 1. The van der Waals surface area contributed by atoms with E-state index in [1.807, 2.05) is 36.7 Å². The quantitative estimate of drug-likeness (QED) is 0.699. The molecule has 2 aromatic heterocycles. The first-order chi connectivity index (χ1) is 12.9. The van der Waals surface area contributed by atoms with E-state index in [9.17, 15) is 9.59 Å². The van der Waals surface area contributed by atoms with Gasteiger partial charge in [-0.1, -0.05) is 12.1 Å². The first kappa shape index (κ1) is 18.4. The van der Waals surface area contributed by atoms with Crippen LogP contribution in [0.15, 0.2) is 36.5 Å². The van der Waals surface area contributed by atoms with E-state index < -0.39 is 5.97 Å². The van der Waals surface area contributed by atoms with Gasteiger partial charge in [0.25, 0.3) is 5.91 Å². The van der Waals surface area contributed by atoms with Gasteiger partial charge < -0.3 is 10.1 Å². The van der Waals surface area contributed by atoms with Crippen LogP contribution in [0.25, 0.3) is 0 Å². The topological polar surface area (TPSA) is 91.0 Å². The Labute approximate surface area is 156 Å². The van der Waals surface area contributed by atoms with E-state index in [1.54, 1.807) is 25.4 Å². The monoisotopic (exact) mass is 367 g/mol. The standard InChI is InChI=1S/C19H21N5O3/c1-12-9-13(2)24(21-12)10-14-5-7-15(8-6-14)18(25)20-16-11-23(3)22-17(16)19(26)27-4/h5-9,11H,10H2,1-4H3,(H,20,25). The third-order valence-electron chi connectivity index (χ3n) is 4.11. The highest BCUT2D eigenvalue weighted by Gasteiger charge is 2.19. The van der Waals surface area contributed by atoms with Crippen LogP contribution in [0.4, 0.5) is 5.69 Å². The van der Waals surface area contributed by atoms with E-state index in [4.69, 9.17) is 0 Å². The number of hydrogen-bond donors (Lipinski definition) is 1. The smallest absolute Gasteiger partial charge is 0.360 e. The van der Waals surface area contributed by atoms with Gasteiger partial charge >= 0.3 is 5.97 Å². The Kier molecular flexibility index (Phi) is 5.07. The van der Waals surface area contributed by atoms with E-state index in [-0.39, 0.29) is 11.6 Å². The maximum Gasteiger partial charge on any atom is 0.360 e. The SMILES string of the molecule is COC(=O)c1nn(C)cc1NC(=O)c1ccc(Cn2nc(C)cc2C)cc1. The van der Waals surface area contributed by atoms with Crippen LogP contribution in [0.5, 0.6) is 0 Å². The van der Waals surface area contributed by atoms with Gasteiger partial charge in [0.1, 0.15) is 0 Å². The normalized spacial score (nSPS) is 10.7. The third kappa shape index (κ3) is 4.05. The lowest BCUT2D eigenvalue weighted by Crippen LogP contribution is -2.15. The summed E-state index contributed by atoms with van der Waals surface area (Å²) in [6.07, 6.45) is 1.56. The molecular weight excluding hydrogens is 346 g/mol. The van der Waals surface area contributed by atoms with Crippen LogP contribution in [-0.2, 0) is 18.3 Å². The van der Waals surface area contributed by atoms with Crippen LogP contribution in [0.1, 0.15) is 37.8 Å². The van der Waals surface area contributed by atoms with Crippen molar-refractivity contribution >= 4 is 17.6 Å². The molecule has 0 aliphatic rings. The number of carbonyl (C=O) groups excluding carboxylic acids is 2. The van der Waals surface area contributed by atoms with Crippen LogP contribution < -0.4 is 5.32 Å². The molecule has 0 aliphatic heterocycles. The van der Waals surface area contributed by atoms with Crippen LogP contribution in [0.3, 0.4) is 0 Å². The number of aromatic nitrogens is 4. The highest BCUT2D eigenvalue weighted by molar-refractivity contribution is 6.07. The number of rotatable bonds is 5. The highest BCUT2D eigenvalue weighted by atomic mass is 16.5. The number of hydrogen-bond acceptors (Lipinski definition) is 5. The predicted octanol–water partition coefficient (Wildman–Crippen LogP) is 2.32. The first-order valence-corrected chi connectivity index (χ1v) is 8.40. The Hall–Kier alpha value is -3.42. The Morgan fingerprint density at radius 3 is 2.44 bits per heavy atom. The van der Waals surface area contributed by atoms with Gasteiger partial charge in [0.2, 0.25) is 0 Å². The number of ether oxygens (including phenoxy) is 1. The zero-order valence-electron chi connectivity index (χ0n) is 15.7. The summed E-state index contributed by atoms with van der Waals surface area (Å²) in [5.41, 5.74) is 3.94. The van der Waals surface area contributed by atoms with E-state index in [1.165, 1.54) is 11.8 Å². The molecule has 140 valence electrons. The Balaban J connectivity index is 1.73. The van der Waals surface area contributed by atoms with Gasteiger partial charge in [-0.25, -0.2) is 4.79 Å². The molecule has 0 radical (unpaired) electrons. The Bertz CT molecular complexity index is 985. The summed E-state index contributed by atoms with van der Waals surface area (Å²) >= 11 is 0. The van der Waals surface area contributed by atoms with E-state index >= 15 is 0 Å². The average Bonchev–Trinajstić information content (AvgIpc) is 3.16. The molecule has 0 unspecified atom stereocenters. The largest absolute Gasteiger partial charge is 0.464 e. The van der Waals surface area contributed by atoms with Crippen molar-refractivity contribution in [3.8, 4) is 0 Å². The molecule has 0 spiro atoms. The van der Waals surface area contributed by atoms with Crippen LogP contribution in [0.2, 0.25) is 0 Å². The second kappa shape index (κ2) is 7.45. The number of aryl methyl sites for hydroxylation is 3. The predicted molar refractivity (Wildman–Crippen MR) is 99.7 cm³/mol. The summed E-state index contributed by atoms with van der Waals surface area (Å²) in [4.78, 5) is 24.3. The molecule has 0 saturated carbocycles. The molecule has 1 amide bonds. The van der Waals surface area contributed by atoms with Crippen molar-refractivity contribution in [1.29, 1.82) is 0 Å². The molecule has 2 heterocycles. The molecular formula is C19H21N5O3. The van der Waals surface area contributed by atoms with Gasteiger partial charge in [0, 0.05) is 24.5 Å². The number of amides is 1. The van der Waals surface area contributed by atoms with Crippen molar-refractivity contribution in [2.75, 3.05) is 12.4 Å². The lowest BCUT2D eigenvalue weighted by atomic mass is 10.1. The molecule has 3 aromatic rings. The molecule has 3 rings (SSSR count). The molecule has 27 heavy (non-hydrogen) atoms. The summed E-state index contributed by atoms with van der Waals surface area (Å²) in [6.45, 7) is 4.60. The highest BCUT2D eigenvalue weighted by Crippen LogP contribution is 2.16. The summed E-state index contributed by atoms with van der Waals surface area (Å²) in [5.74, 6) is -0.933. The van der Waals surface area contributed by atoms with Crippen molar-refractivity contribution in [3.63, 3.8) is 0 Å². The van der Waals surface area contributed by atoms with Crippen molar-refractivity contribution in [1.82, 2.24) is 19.6 Å². The summed E-state index contributed by atoms with van der Waals surface area (Å²) in [5, 5.41) is 11.2. The minimum absolute atomic E-state index is 0.0643. The van der Waals surface area contributed by atoms with E-state index in [0.29, 0.717) is 17.8 Å². The van der Waals surface area contributed by atoms with Crippen LogP contribution in [0, 0.1) is 13.8 Å². The fourth-order valence-corrected chi connectivity index (χ4v) is 2.79. The molecule has 0 aliphatic carbocycles. The van der Waals surface area contributed by atoms with Gasteiger partial charge in [-0.05, 0) is 37.6 Å². The van der Waals surface area contributed by atoms with Crippen LogP contribution >= 0.6 is 0 Å². The van der Waals surface area contributed by atoms with Gasteiger partial charge in [-0.3, -0.25) is 14.2 Å². The minimum atomic E-state index is -0.605. The molecule has 0 fully saturated rings. The van der Waals surface area contributed by atoms with Crippen molar-refractivity contribution in [2.24, 2.45) is 7.05 Å². The molecule has 8 heteroatoms. The molecule has 0 saturated heterocycles. The fraction of sp³-hybridized carbons (Fsp3) is 0.263. The van der Waals surface area contributed by atoms with Gasteiger partial charge in [-0.15, -0.1) is 0 Å². The maximum absolute atomic E-state index is 12.5. The molecule has 1 N–H and O–H groups in total. The molecule has 1 aromatic carbocycles. The molecule has 8 nitrogen and oxygen atoms in total.